The molecule has 1 unspecified atom stereocenters. The summed E-state index contributed by atoms with van der Waals surface area (Å²) in [5, 5.41) is 17.7. The van der Waals surface area contributed by atoms with Gasteiger partial charge in [-0.25, -0.2) is 0 Å². The number of nitro groups is 1. The van der Waals surface area contributed by atoms with Crippen molar-refractivity contribution in [2.75, 3.05) is 36.8 Å². The lowest BCUT2D eigenvalue weighted by Gasteiger charge is -2.24. The van der Waals surface area contributed by atoms with Crippen LogP contribution in [0, 0.1) is 10.1 Å². The Hall–Kier alpha value is -1.82. The fourth-order valence-corrected chi connectivity index (χ4v) is 2.37. The third kappa shape index (κ3) is 4.90. The second-order valence-electron chi connectivity index (χ2n) is 5.02. The van der Waals surface area contributed by atoms with Gasteiger partial charge in [0.1, 0.15) is 11.4 Å². The molecular formula is C15H26N4O2. The third-order valence-corrected chi connectivity index (χ3v) is 3.41. The molecule has 0 aliphatic rings. The van der Waals surface area contributed by atoms with Gasteiger partial charge in [-0.15, -0.1) is 0 Å². The van der Waals surface area contributed by atoms with Gasteiger partial charge in [0.2, 0.25) is 0 Å². The zero-order valence-corrected chi connectivity index (χ0v) is 13.3. The van der Waals surface area contributed by atoms with Crippen molar-refractivity contribution in [2.45, 2.75) is 33.7 Å². The maximum Gasteiger partial charge on any atom is 0.315 e. The Labute approximate surface area is 126 Å². The highest BCUT2D eigenvalue weighted by atomic mass is 16.6. The van der Waals surface area contributed by atoms with Crippen molar-refractivity contribution >= 4 is 17.1 Å². The van der Waals surface area contributed by atoms with Crippen LogP contribution >= 0.6 is 0 Å². The minimum absolute atomic E-state index is 0.116. The van der Waals surface area contributed by atoms with Crippen LogP contribution in [0.15, 0.2) is 18.2 Å². The zero-order valence-electron chi connectivity index (χ0n) is 13.3. The minimum Gasteiger partial charge on any atom is -0.380 e. The lowest BCUT2D eigenvalue weighted by Crippen LogP contribution is -2.34. The number of nitrogens with zero attached hydrogens (tertiary/aromatic N) is 2. The molecule has 21 heavy (non-hydrogen) atoms. The van der Waals surface area contributed by atoms with Crippen molar-refractivity contribution in [1.82, 2.24) is 4.90 Å². The molecule has 0 radical (unpaired) electrons. The molecule has 1 aromatic rings. The van der Waals surface area contributed by atoms with Gasteiger partial charge >= 0.3 is 5.69 Å². The standard InChI is InChI=1S/C15H26N4O2/c1-5-16-13-9-8-10-14(15(13)19(20)21)17-12(4)11-18(6-2)7-3/h8-10,12,16-17H,5-7,11H2,1-4H3. The Morgan fingerprint density at radius 1 is 1.24 bits per heavy atom. The summed E-state index contributed by atoms with van der Waals surface area (Å²) < 4.78 is 0. The van der Waals surface area contributed by atoms with Crippen molar-refractivity contribution < 1.29 is 4.92 Å². The topological polar surface area (TPSA) is 70.4 Å². The number of para-hydroxylation sites is 1. The number of anilines is 2. The van der Waals surface area contributed by atoms with E-state index in [0.29, 0.717) is 17.9 Å². The second-order valence-corrected chi connectivity index (χ2v) is 5.02. The van der Waals surface area contributed by atoms with E-state index in [0.717, 1.165) is 19.6 Å². The SMILES string of the molecule is CCNc1cccc(NC(C)CN(CC)CC)c1[N+](=O)[O-]. The Balaban J connectivity index is 2.91. The average molecular weight is 294 g/mol. The fourth-order valence-electron chi connectivity index (χ4n) is 2.37. The smallest absolute Gasteiger partial charge is 0.315 e. The van der Waals surface area contributed by atoms with Crippen molar-refractivity contribution in [3.05, 3.63) is 28.3 Å². The summed E-state index contributed by atoms with van der Waals surface area (Å²) in [6, 6.07) is 5.47. The van der Waals surface area contributed by atoms with Gasteiger partial charge in [0.05, 0.1) is 4.92 Å². The normalized spacial score (nSPS) is 12.2. The van der Waals surface area contributed by atoms with Gasteiger partial charge in [-0.1, -0.05) is 19.9 Å². The Morgan fingerprint density at radius 3 is 2.38 bits per heavy atom. The predicted molar refractivity (Wildman–Crippen MR) is 88.1 cm³/mol. The number of likely N-dealkylation sites (N-methyl/N-ethyl adjacent to an activating group) is 1. The number of benzene rings is 1. The van der Waals surface area contributed by atoms with E-state index in [-0.39, 0.29) is 16.7 Å². The summed E-state index contributed by atoms with van der Waals surface area (Å²) in [4.78, 5) is 13.3. The first kappa shape index (κ1) is 17.2. The lowest BCUT2D eigenvalue weighted by atomic mass is 10.2. The molecule has 0 heterocycles. The monoisotopic (exact) mass is 294 g/mol. The number of hydrogen-bond acceptors (Lipinski definition) is 5. The molecule has 6 nitrogen and oxygen atoms in total. The highest BCUT2D eigenvalue weighted by molar-refractivity contribution is 5.76. The number of nitro benzene ring substituents is 1. The third-order valence-electron chi connectivity index (χ3n) is 3.41. The highest BCUT2D eigenvalue weighted by Gasteiger charge is 2.20. The van der Waals surface area contributed by atoms with Gasteiger partial charge in [-0.3, -0.25) is 10.1 Å². The van der Waals surface area contributed by atoms with Crippen LogP contribution in [0.5, 0.6) is 0 Å². The van der Waals surface area contributed by atoms with Crippen LogP contribution in [0.25, 0.3) is 0 Å². The summed E-state index contributed by atoms with van der Waals surface area (Å²) >= 11 is 0. The summed E-state index contributed by atoms with van der Waals surface area (Å²) in [7, 11) is 0. The quantitative estimate of drug-likeness (QED) is 0.541. The first-order valence-electron chi connectivity index (χ1n) is 7.53. The molecule has 0 amide bonds. The molecule has 0 saturated heterocycles. The van der Waals surface area contributed by atoms with E-state index in [2.05, 4.69) is 29.4 Å². The largest absolute Gasteiger partial charge is 0.380 e. The van der Waals surface area contributed by atoms with E-state index >= 15 is 0 Å². The van der Waals surface area contributed by atoms with Crippen LogP contribution in [-0.4, -0.2) is 42.0 Å². The molecule has 1 rings (SSSR count). The molecule has 6 heteroatoms. The zero-order chi connectivity index (χ0) is 15.8. The Bertz CT molecular complexity index is 461. The molecule has 0 bridgehead atoms. The highest BCUT2D eigenvalue weighted by Crippen LogP contribution is 2.33. The van der Waals surface area contributed by atoms with Crippen LogP contribution in [0.4, 0.5) is 17.1 Å². The van der Waals surface area contributed by atoms with Gasteiger partial charge in [0.25, 0.3) is 0 Å². The fraction of sp³-hybridized carbons (Fsp3) is 0.600. The van der Waals surface area contributed by atoms with Crippen molar-refractivity contribution in [1.29, 1.82) is 0 Å². The van der Waals surface area contributed by atoms with Gasteiger partial charge in [0, 0.05) is 19.1 Å². The van der Waals surface area contributed by atoms with Gasteiger partial charge < -0.3 is 15.5 Å². The molecule has 0 aliphatic heterocycles. The summed E-state index contributed by atoms with van der Waals surface area (Å²) in [5.41, 5.74) is 1.24. The summed E-state index contributed by atoms with van der Waals surface area (Å²) in [5.74, 6) is 0. The maximum absolute atomic E-state index is 11.3. The van der Waals surface area contributed by atoms with E-state index in [1.165, 1.54) is 0 Å². The molecule has 0 aromatic heterocycles. The lowest BCUT2D eigenvalue weighted by molar-refractivity contribution is -0.383. The Morgan fingerprint density at radius 2 is 1.86 bits per heavy atom. The first-order chi connectivity index (χ1) is 10.0. The molecule has 0 aliphatic carbocycles. The van der Waals surface area contributed by atoms with Crippen molar-refractivity contribution in [3.63, 3.8) is 0 Å². The van der Waals surface area contributed by atoms with Gasteiger partial charge in [-0.2, -0.15) is 0 Å². The Kier molecular flexibility index (Phi) is 6.94. The average Bonchev–Trinajstić information content (AvgIpc) is 2.45. The predicted octanol–water partition coefficient (Wildman–Crippen LogP) is 3.17. The molecular weight excluding hydrogens is 268 g/mol. The van der Waals surface area contributed by atoms with E-state index in [4.69, 9.17) is 0 Å². The summed E-state index contributed by atoms with van der Waals surface area (Å²) in [6.45, 7) is 11.7. The van der Waals surface area contributed by atoms with Crippen LogP contribution in [0.3, 0.4) is 0 Å². The van der Waals surface area contributed by atoms with E-state index in [9.17, 15) is 10.1 Å². The van der Waals surface area contributed by atoms with Crippen LogP contribution in [0.2, 0.25) is 0 Å². The number of rotatable bonds is 9. The molecule has 0 spiro atoms. The van der Waals surface area contributed by atoms with Crippen LogP contribution < -0.4 is 10.6 Å². The molecule has 0 fully saturated rings. The van der Waals surface area contributed by atoms with E-state index in [1.54, 1.807) is 12.1 Å². The van der Waals surface area contributed by atoms with Crippen LogP contribution in [-0.2, 0) is 0 Å². The van der Waals surface area contributed by atoms with Crippen LogP contribution in [0.1, 0.15) is 27.7 Å². The maximum atomic E-state index is 11.3. The molecule has 1 aromatic carbocycles. The van der Waals surface area contributed by atoms with Gasteiger partial charge in [0.15, 0.2) is 0 Å². The minimum atomic E-state index is -0.329. The van der Waals surface area contributed by atoms with Gasteiger partial charge in [-0.05, 0) is 39.1 Å². The molecule has 0 saturated carbocycles. The number of hydrogen-bond donors (Lipinski definition) is 2. The molecule has 1 atom stereocenters. The van der Waals surface area contributed by atoms with E-state index < -0.39 is 0 Å². The number of nitrogens with one attached hydrogen (secondary N) is 2. The molecule has 118 valence electrons. The van der Waals surface area contributed by atoms with E-state index in [1.807, 2.05) is 19.9 Å². The van der Waals surface area contributed by atoms with Crippen molar-refractivity contribution in [3.8, 4) is 0 Å². The summed E-state index contributed by atoms with van der Waals surface area (Å²) in [6.07, 6.45) is 0. The first-order valence-corrected chi connectivity index (χ1v) is 7.53. The molecule has 2 N–H and O–H groups in total. The van der Waals surface area contributed by atoms with Crippen molar-refractivity contribution in [2.24, 2.45) is 0 Å². The second kappa shape index (κ2) is 8.46.